The summed E-state index contributed by atoms with van der Waals surface area (Å²) < 4.78 is 0. The summed E-state index contributed by atoms with van der Waals surface area (Å²) in [6.07, 6.45) is 4.79. The Morgan fingerprint density at radius 1 is 1.14 bits per heavy atom. The Kier molecular flexibility index (Phi) is 4.61. The van der Waals surface area contributed by atoms with E-state index in [1.54, 1.807) is 6.33 Å². The van der Waals surface area contributed by atoms with Gasteiger partial charge >= 0.3 is 0 Å². The van der Waals surface area contributed by atoms with Gasteiger partial charge in [0.25, 0.3) is 0 Å². The van der Waals surface area contributed by atoms with Crippen LogP contribution < -0.4 is 9.80 Å². The number of fused-ring (bicyclic) bond motifs is 3. The van der Waals surface area contributed by atoms with E-state index in [0.717, 1.165) is 67.6 Å². The van der Waals surface area contributed by atoms with Crippen LogP contribution in [-0.4, -0.2) is 46.3 Å². The predicted molar refractivity (Wildman–Crippen MR) is 112 cm³/mol. The summed E-state index contributed by atoms with van der Waals surface area (Å²) >= 11 is 6.23. The Bertz CT molecular complexity index is 1000. The van der Waals surface area contributed by atoms with Gasteiger partial charge in [-0.15, -0.1) is 0 Å². The molecular weight excluding hydrogens is 374 g/mol. The second-order valence-corrected chi connectivity index (χ2v) is 8.25. The minimum absolute atomic E-state index is 0.243. The van der Waals surface area contributed by atoms with Crippen LogP contribution in [-0.2, 0) is 13.0 Å². The van der Waals surface area contributed by atoms with E-state index < -0.39 is 0 Å². The van der Waals surface area contributed by atoms with Gasteiger partial charge in [-0.2, -0.15) is 0 Å². The van der Waals surface area contributed by atoms with E-state index in [2.05, 4.69) is 36.9 Å². The van der Waals surface area contributed by atoms with Crippen molar-refractivity contribution in [2.24, 2.45) is 5.92 Å². The molecule has 0 aliphatic carbocycles. The zero-order valence-corrected chi connectivity index (χ0v) is 16.5. The molecule has 6 nitrogen and oxygen atoms in total. The maximum Gasteiger partial charge on any atom is 0.134 e. The SMILES string of the molecule is OCC1CCCN(c2cc(N3CCc4[nH]c5ccc(Cl)cc5c4C3)ncn2)C1. The van der Waals surface area contributed by atoms with Gasteiger partial charge in [0.1, 0.15) is 18.0 Å². The van der Waals surface area contributed by atoms with Crippen LogP contribution in [0.2, 0.25) is 5.02 Å². The van der Waals surface area contributed by atoms with Crippen molar-refractivity contribution >= 4 is 34.1 Å². The zero-order valence-electron chi connectivity index (χ0n) is 15.7. The molecule has 2 aromatic heterocycles. The average molecular weight is 398 g/mol. The third-order valence-corrected chi connectivity index (χ3v) is 6.24. The topological polar surface area (TPSA) is 68.3 Å². The number of hydrogen-bond donors (Lipinski definition) is 2. The summed E-state index contributed by atoms with van der Waals surface area (Å²) in [5.74, 6) is 2.25. The number of anilines is 2. The van der Waals surface area contributed by atoms with Crippen LogP contribution in [0.25, 0.3) is 10.9 Å². The monoisotopic (exact) mass is 397 g/mol. The number of aromatic nitrogens is 3. The highest BCUT2D eigenvalue weighted by atomic mass is 35.5. The lowest BCUT2D eigenvalue weighted by atomic mass is 9.99. The maximum absolute atomic E-state index is 9.51. The fraction of sp³-hybridized carbons (Fsp3) is 0.429. The summed E-state index contributed by atoms with van der Waals surface area (Å²) in [7, 11) is 0. The summed E-state index contributed by atoms with van der Waals surface area (Å²) in [5, 5.41) is 11.5. The van der Waals surface area contributed by atoms with E-state index in [-0.39, 0.29) is 6.61 Å². The number of hydrogen-bond acceptors (Lipinski definition) is 5. The molecule has 7 heteroatoms. The molecular formula is C21H24ClN5O. The van der Waals surface area contributed by atoms with E-state index in [1.807, 2.05) is 12.1 Å². The summed E-state index contributed by atoms with van der Waals surface area (Å²) in [6, 6.07) is 8.12. The second-order valence-electron chi connectivity index (χ2n) is 7.81. The molecule has 0 amide bonds. The lowest BCUT2D eigenvalue weighted by molar-refractivity contribution is 0.208. The minimum Gasteiger partial charge on any atom is -0.396 e. The Balaban J connectivity index is 1.42. The molecule has 1 atom stereocenters. The van der Waals surface area contributed by atoms with E-state index >= 15 is 0 Å². The number of benzene rings is 1. The zero-order chi connectivity index (χ0) is 19.1. The Morgan fingerprint density at radius 2 is 2.00 bits per heavy atom. The van der Waals surface area contributed by atoms with Crippen LogP contribution in [0.4, 0.5) is 11.6 Å². The van der Waals surface area contributed by atoms with Gasteiger partial charge in [-0.25, -0.2) is 9.97 Å². The molecule has 0 saturated carbocycles. The number of nitrogens with zero attached hydrogens (tertiary/aromatic N) is 4. The number of H-pyrrole nitrogens is 1. The van der Waals surface area contributed by atoms with Gasteiger partial charge in [0.15, 0.2) is 0 Å². The first-order chi connectivity index (χ1) is 13.7. The third-order valence-electron chi connectivity index (χ3n) is 6.00. The van der Waals surface area contributed by atoms with Crippen molar-refractivity contribution in [1.82, 2.24) is 15.0 Å². The van der Waals surface area contributed by atoms with Gasteiger partial charge in [0, 0.05) is 72.5 Å². The third kappa shape index (κ3) is 3.20. The van der Waals surface area contributed by atoms with Crippen molar-refractivity contribution in [1.29, 1.82) is 0 Å². The van der Waals surface area contributed by atoms with Crippen LogP contribution in [0.5, 0.6) is 0 Å². The highest BCUT2D eigenvalue weighted by Gasteiger charge is 2.24. The van der Waals surface area contributed by atoms with Gasteiger partial charge in [-0.1, -0.05) is 11.6 Å². The van der Waals surface area contributed by atoms with Gasteiger partial charge < -0.3 is 19.9 Å². The molecule has 2 aliphatic rings. The van der Waals surface area contributed by atoms with Crippen molar-refractivity contribution in [2.45, 2.75) is 25.8 Å². The largest absolute Gasteiger partial charge is 0.396 e. The molecule has 3 aromatic rings. The number of nitrogens with one attached hydrogen (secondary N) is 1. The minimum atomic E-state index is 0.243. The van der Waals surface area contributed by atoms with E-state index in [9.17, 15) is 5.11 Å². The van der Waals surface area contributed by atoms with Crippen LogP contribution in [0.15, 0.2) is 30.6 Å². The quantitative estimate of drug-likeness (QED) is 0.709. The summed E-state index contributed by atoms with van der Waals surface area (Å²) in [4.78, 5) is 17.2. The molecule has 2 aliphatic heterocycles. The van der Waals surface area contributed by atoms with E-state index in [4.69, 9.17) is 11.6 Å². The Labute approximate surface area is 169 Å². The molecule has 146 valence electrons. The number of aromatic amines is 1. The highest BCUT2D eigenvalue weighted by Crippen LogP contribution is 2.32. The molecule has 4 heterocycles. The molecule has 0 radical (unpaired) electrons. The first-order valence-corrected chi connectivity index (χ1v) is 10.3. The van der Waals surface area contributed by atoms with Crippen molar-refractivity contribution < 1.29 is 5.11 Å². The maximum atomic E-state index is 9.51. The number of halogens is 1. The molecule has 5 rings (SSSR count). The number of piperidine rings is 1. The van der Waals surface area contributed by atoms with Crippen LogP contribution in [0.1, 0.15) is 24.1 Å². The molecule has 0 bridgehead atoms. The Morgan fingerprint density at radius 3 is 2.86 bits per heavy atom. The fourth-order valence-electron chi connectivity index (χ4n) is 4.49. The molecule has 28 heavy (non-hydrogen) atoms. The van der Waals surface area contributed by atoms with Crippen LogP contribution >= 0.6 is 11.6 Å². The van der Waals surface area contributed by atoms with Gasteiger partial charge in [0.05, 0.1) is 0 Å². The van der Waals surface area contributed by atoms with Crippen LogP contribution in [0.3, 0.4) is 0 Å². The van der Waals surface area contributed by atoms with Crippen molar-refractivity contribution in [3.8, 4) is 0 Å². The van der Waals surface area contributed by atoms with E-state index in [0.29, 0.717) is 5.92 Å². The predicted octanol–water partition coefficient (Wildman–Crippen LogP) is 3.38. The lowest BCUT2D eigenvalue weighted by Crippen LogP contribution is -2.37. The second kappa shape index (κ2) is 7.26. The van der Waals surface area contributed by atoms with Crippen molar-refractivity contribution in [3.05, 3.63) is 46.9 Å². The molecule has 2 N–H and O–H groups in total. The van der Waals surface area contributed by atoms with Crippen molar-refractivity contribution in [2.75, 3.05) is 36.0 Å². The number of rotatable bonds is 3. The van der Waals surface area contributed by atoms with Gasteiger partial charge in [-0.05, 0) is 37.0 Å². The Hall–Kier alpha value is -2.31. The summed E-state index contributed by atoms with van der Waals surface area (Å²) in [6.45, 7) is 3.82. The molecule has 1 unspecified atom stereocenters. The molecule has 1 saturated heterocycles. The fourth-order valence-corrected chi connectivity index (χ4v) is 4.66. The molecule has 1 fully saturated rings. The smallest absolute Gasteiger partial charge is 0.134 e. The summed E-state index contributed by atoms with van der Waals surface area (Å²) in [5.41, 5.74) is 3.75. The van der Waals surface area contributed by atoms with Crippen molar-refractivity contribution in [3.63, 3.8) is 0 Å². The van der Waals surface area contributed by atoms with Crippen LogP contribution in [0, 0.1) is 5.92 Å². The first kappa shape index (κ1) is 17.8. The lowest BCUT2D eigenvalue weighted by Gasteiger charge is -2.33. The standard InChI is InChI=1S/C21H24ClN5O/c22-15-3-4-18-16(8-15)17-11-27(7-5-19(17)25-18)21-9-20(23-13-24-21)26-6-1-2-14(10-26)12-28/h3-4,8-9,13-14,25,28H,1-2,5-7,10-12H2. The highest BCUT2D eigenvalue weighted by molar-refractivity contribution is 6.31. The number of aliphatic hydroxyl groups is 1. The number of aliphatic hydroxyl groups excluding tert-OH is 1. The van der Waals surface area contributed by atoms with Gasteiger partial charge in [0.2, 0.25) is 0 Å². The average Bonchev–Trinajstić information content (AvgIpc) is 3.11. The van der Waals surface area contributed by atoms with E-state index in [1.165, 1.54) is 16.6 Å². The normalized spacial score (nSPS) is 19.9. The van der Waals surface area contributed by atoms with Gasteiger partial charge in [-0.3, -0.25) is 0 Å². The molecule has 0 spiro atoms. The molecule has 1 aromatic carbocycles. The first-order valence-electron chi connectivity index (χ1n) is 9.93.